The van der Waals surface area contributed by atoms with E-state index in [0.717, 1.165) is 17.7 Å². The Labute approximate surface area is 116 Å². The highest BCUT2D eigenvalue weighted by molar-refractivity contribution is 6.31. The zero-order valence-electron chi connectivity index (χ0n) is 10.5. The highest BCUT2D eigenvalue weighted by Gasteiger charge is 2.07. The Morgan fingerprint density at radius 1 is 1.00 bits per heavy atom. The van der Waals surface area contributed by atoms with E-state index in [9.17, 15) is 8.78 Å². The lowest BCUT2D eigenvalue weighted by Crippen LogP contribution is -2.12. The first-order chi connectivity index (χ1) is 9.11. The maximum atomic E-state index is 13.6. The van der Waals surface area contributed by atoms with Gasteiger partial charge in [-0.1, -0.05) is 30.7 Å². The molecular formula is C15H14ClF2N. The fraction of sp³-hybridized carbons (Fsp3) is 0.200. The van der Waals surface area contributed by atoms with Gasteiger partial charge in [-0.05, 0) is 41.9 Å². The maximum Gasteiger partial charge on any atom is 0.141 e. The predicted molar refractivity (Wildman–Crippen MR) is 74.2 cm³/mol. The van der Waals surface area contributed by atoms with Crippen LogP contribution in [0.3, 0.4) is 0 Å². The molecule has 0 heterocycles. The quantitative estimate of drug-likeness (QED) is 0.876. The van der Waals surface area contributed by atoms with Crippen LogP contribution in [-0.4, -0.2) is 6.54 Å². The minimum atomic E-state index is -0.458. The summed E-state index contributed by atoms with van der Waals surface area (Å²) in [7, 11) is 0. The van der Waals surface area contributed by atoms with Crippen molar-refractivity contribution in [2.24, 2.45) is 0 Å². The molecule has 0 saturated heterocycles. The first kappa shape index (κ1) is 14.0. The molecule has 0 atom stereocenters. The lowest BCUT2D eigenvalue weighted by atomic mass is 10.0. The molecule has 0 aromatic heterocycles. The van der Waals surface area contributed by atoms with Gasteiger partial charge in [-0.15, -0.1) is 0 Å². The zero-order chi connectivity index (χ0) is 13.8. The number of hydrogen-bond acceptors (Lipinski definition) is 1. The second-order valence-electron chi connectivity index (χ2n) is 4.22. The first-order valence-electron chi connectivity index (χ1n) is 6.06. The van der Waals surface area contributed by atoms with E-state index >= 15 is 0 Å². The zero-order valence-corrected chi connectivity index (χ0v) is 11.3. The molecule has 2 rings (SSSR count). The standard InChI is InChI=1S/C15H14ClF2N/c1-2-19-9-12-7-10(3-5-14(12)17)11-4-6-15(18)13(16)8-11/h3-8,19H,2,9H2,1H3. The SMILES string of the molecule is CCNCc1cc(-c2ccc(F)c(Cl)c2)ccc1F. The second-order valence-corrected chi connectivity index (χ2v) is 4.62. The molecule has 2 aromatic rings. The molecule has 1 N–H and O–H groups in total. The topological polar surface area (TPSA) is 12.0 Å². The van der Waals surface area contributed by atoms with E-state index < -0.39 is 5.82 Å². The van der Waals surface area contributed by atoms with E-state index in [1.165, 1.54) is 12.1 Å². The normalized spacial score (nSPS) is 10.7. The Morgan fingerprint density at radius 2 is 1.63 bits per heavy atom. The molecule has 100 valence electrons. The summed E-state index contributed by atoms with van der Waals surface area (Å²) < 4.78 is 26.7. The summed E-state index contributed by atoms with van der Waals surface area (Å²) in [6.45, 7) is 3.19. The minimum Gasteiger partial charge on any atom is -0.313 e. The van der Waals surface area contributed by atoms with Crippen LogP contribution < -0.4 is 5.32 Å². The van der Waals surface area contributed by atoms with Gasteiger partial charge in [0, 0.05) is 12.1 Å². The fourth-order valence-corrected chi connectivity index (χ4v) is 2.01. The number of benzene rings is 2. The molecule has 19 heavy (non-hydrogen) atoms. The number of halogens is 3. The Bertz CT molecular complexity index is 584. The van der Waals surface area contributed by atoms with Crippen LogP contribution in [0.1, 0.15) is 12.5 Å². The van der Waals surface area contributed by atoms with Crippen molar-refractivity contribution >= 4 is 11.6 Å². The summed E-state index contributed by atoms with van der Waals surface area (Å²) >= 11 is 5.76. The van der Waals surface area contributed by atoms with Crippen LogP contribution in [0.5, 0.6) is 0 Å². The fourth-order valence-electron chi connectivity index (χ4n) is 1.83. The van der Waals surface area contributed by atoms with Crippen LogP contribution in [0, 0.1) is 11.6 Å². The van der Waals surface area contributed by atoms with Gasteiger partial charge in [-0.3, -0.25) is 0 Å². The van der Waals surface area contributed by atoms with Crippen molar-refractivity contribution in [2.45, 2.75) is 13.5 Å². The molecule has 0 unspecified atom stereocenters. The first-order valence-corrected chi connectivity index (χ1v) is 6.44. The highest BCUT2D eigenvalue weighted by Crippen LogP contribution is 2.26. The van der Waals surface area contributed by atoms with Crippen molar-refractivity contribution in [2.75, 3.05) is 6.54 Å². The van der Waals surface area contributed by atoms with Crippen LogP contribution >= 0.6 is 11.6 Å². The van der Waals surface area contributed by atoms with Gasteiger partial charge in [0.1, 0.15) is 11.6 Å². The Hall–Kier alpha value is -1.45. The van der Waals surface area contributed by atoms with Gasteiger partial charge in [-0.25, -0.2) is 8.78 Å². The molecule has 0 amide bonds. The van der Waals surface area contributed by atoms with Crippen molar-refractivity contribution in [1.29, 1.82) is 0 Å². The average molecular weight is 282 g/mol. The Balaban J connectivity index is 2.36. The minimum absolute atomic E-state index is 0.0649. The molecule has 2 aromatic carbocycles. The summed E-state index contributed by atoms with van der Waals surface area (Å²) in [4.78, 5) is 0. The highest BCUT2D eigenvalue weighted by atomic mass is 35.5. The largest absolute Gasteiger partial charge is 0.313 e. The number of rotatable bonds is 4. The van der Waals surface area contributed by atoms with Gasteiger partial charge in [0.05, 0.1) is 5.02 Å². The molecule has 0 spiro atoms. The van der Waals surface area contributed by atoms with E-state index in [2.05, 4.69) is 5.32 Å². The summed E-state index contributed by atoms with van der Waals surface area (Å²) in [5, 5.41) is 3.14. The lowest BCUT2D eigenvalue weighted by molar-refractivity contribution is 0.593. The third-order valence-electron chi connectivity index (χ3n) is 2.86. The molecule has 0 saturated carbocycles. The molecule has 1 nitrogen and oxygen atoms in total. The Kier molecular flexibility index (Phi) is 4.51. The maximum absolute atomic E-state index is 13.6. The van der Waals surface area contributed by atoms with Crippen LogP contribution in [0.4, 0.5) is 8.78 Å². The van der Waals surface area contributed by atoms with E-state index in [1.54, 1.807) is 24.3 Å². The molecule has 0 aliphatic carbocycles. The molecule has 0 bridgehead atoms. The smallest absolute Gasteiger partial charge is 0.141 e. The monoisotopic (exact) mass is 281 g/mol. The summed E-state index contributed by atoms with van der Waals surface area (Å²) in [6, 6.07) is 9.31. The van der Waals surface area contributed by atoms with Crippen LogP contribution in [0.25, 0.3) is 11.1 Å². The lowest BCUT2D eigenvalue weighted by Gasteiger charge is -2.08. The van der Waals surface area contributed by atoms with Crippen molar-refractivity contribution in [3.63, 3.8) is 0 Å². The predicted octanol–water partition coefficient (Wildman–Crippen LogP) is 4.39. The molecule has 0 aliphatic rings. The van der Waals surface area contributed by atoms with E-state index in [1.807, 2.05) is 6.92 Å². The summed E-state index contributed by atoms with van der Waals surface area (Å²) in [5.41, 5.74) is 2.17. The number of hydrogen-bond donors (Lipinski definition) is 1. The van der Waals surface area contributed by atoms with Crippen molar-refractivity contribution in [3.8, 4) is 11.1 Å². The van der Waals surface area contributed by atoms with Crippen LogP contribution in [-0.2, 0) is 6.54 Å². The third kappa shape index (κ3) is 3.31. The van der Waals surface area contributed by atoms with Gasteiger partial charge in [0.25, 0.3) is 0 Å². The van der Waals surface area contributed by atoms with E-state index in [-0.39, 0.29) is 10.8 Å². The third-order valence-corrected chi connectivity index (χ3v) is 3.15. The second kappa shape index (κ2) is 6.13. The van der Waals surface area contributed by atoms with Crippen LogP contribution in [0.2, 0.25) is 5.02 Å². The van der Waals surface area contributed by atoms with Crippen LogP contribution in [0.15, 0.2) is 36.4 Å². The average Bonchev–Trinajstić information content (AvgIpc) is 2.41. The van der Waals surface area contributed by atoms with Gasteiger partial charge in [0.15, 0.2) is 0 Å². The Morgan fingerprint density at radius 3 is 2.26 bits per heavy atom. The van der Waals surface area contributed by atoms with E-state index in [4.69, 9.17) is 11.6 Å². The van der Waals surface area contributed by atoms with E-state index in [0.29, 0.717) is 12.1 Å². The molecule has 4 heteroatoms. The van der Waals surface area contributed by atoms with Gasteiger partial charge in [0.2, 0.25) is 0 Å². The van der Waals surface area contributed by atoms with Gasteiger partial charge >= 0.3 is 0 Å². The van der Waals surface area contributed by atoms with Crippen molar-refractivity contribution < 1.29 is 8.78 Å². The number of nitrogens with one attached hydrogen (secondary N) is 1. The van der Waals surface area contributed by atoms with Crippen molar-refractivity contribution in [1.82, 2.24) is 5.32 Å². The van der Waals surface area contributed by atoms with Gasteiger partial charge in [-0.2, -0.15) is 0 Å². The van der Waals surface area contributed by atoms with Gasteiger partial charge < -0.3 is 5.32 Å². The van der Waals surface area contributed by atoms with Crippen molar-refractivity contribution in [3.05, 3.63) is 58.6 Å². The molecule has 0 aliphatic heterocycles. The molecule has 0 fully saturated rings. The summed E-state index contributed by atoms with van der Waals surface area (Å²) in [5.74, 6) is -0.710. The molecular weight excluding hydrogens is 268 g/mol. The summed E-state index contributed by atoms with van der Waals surface area (Å²) in [6.07, 6.45) is 0. The molecule has 0 radical (unpaired) electrons.